The standard InChI is InChI=1S/C31H23N3O6S2/c1-21-12-17-26(19-28(21)34(37)38)42(39,40)20-23-15-13-22(14-16-23)18-27-29(35)32(24-8-4-2-5-9-24)31(41)33(30(27)36)25-10-6-3-7-11-25/h2-19H,20H2,1H3. The Bertz CT molecular complexity index is 1790. The maximum absolute atomic E-state index is 13.6. The van der Waals surface area contributed by atoms with Gasteiger partial charge in [-0.05, 0) is 66.7 Å². The van der Waals surface area contributed by atoms with E-state index in [1.54, 1.807) is 84.9 Å². The predicted molar refractivity (Wildman–Crippen MR) is 164 cm³/mol. The highest BCUT2D eigenvalue weighted by atomic mass is 32.2. The van der Waals surface area contributed by atoms with Crippen LogP contribution in [0, 0.1) is 17.0 Å². The monoisotopic (exact) mass is 597 g/mol. The summed E-state index contributed by atoms with van der Waals surface area (Å²) in [6.45, 7) is 1.54. The number of aryl methyl sites for hydroxylation is 1. The molecule has 4 aromatic carbocycles. The van der Waals surface area contributed by atoms with E-state index in [1.807, 2.05) is 0 Å². The highest BCUT2D eigenvalue weighted by molar-refractivity contribution is 7.90. The molecule has 2 amide bonds. The number of hydrogen-bond donors (Lipinski definition) is 0. The number of thiocarbonyl (C=S) groups is 1. The van der Waals surface area contributed by atoms with E-state index in [9.17, 15) is 28.1 Å². The summed E-state index contributed by atoms with van der Waals surface area (Å²) in [6, 6.07) is 27.7. The summed E-state index contributed by atoms with van der Waals surface area (Å²) in [6.07, 6.45) is 1.44. The van der Waals surface area contributed by atoms with E-state index in [2.05, 4.69) is 0 Å². The van der Waals surface area contributed by atoms with Crippen LogP contribution in [0.4, 0.5) is 17.1 Å². The smallest absolute Gasteiger partial charge is 0.268 e. The summed E-state index contributed by atoms with van der Waals surface area (Å²) < 4.78 is 26.0. The van der Waals surface area contributed by atoms with Crippen LogP contribution < -0.4 is 9.80 Å². The third kappa shape index (κ3) is 5.60. The number of nitro benzene ring substituents is 1. The van der Waals surface area contributed by atoms with Crippen LogP contribution in [-0.2, 0) is 25.2 Å². The lowest BCUT2D eigenvalue weighted by Crippen LogP contribution is -2.56. The van der Waals surface area contributed by atoms with Gasteiger partial charge in [0.25, 0.3) is 17.5 Å². The van der Waals surface area contributed by atoms with Crippen molar-refractivity contribution in [1.82, 2.24) is 0 Å². The Morgan fingerprint density at radius 1 is 0.810 bits per heavy atom. The fraction of sp³-hybridized carbons (Fsp3) is 0.0645. The summed E-state index contributed by atoms with van der Waals surface area (Å²) in [5.41, 5.74) is 1.90. The third-order valence-electron chi connectivity index (χ3n) is 6.66. The van der Waals surface area contributed by atoms with E-state index < -0.39 is 26.6 Å². The van der Waals surface area contributed by atoms with Crippen LogP contribution in [0.3, 0.4) is 0 Å². The van der Waals surface area contributed by atoms with Gasteiger partial charge in [-0.3, -0.25) is 29.5 Å². The van der Waals surface area contributed by atoms with Gasteiger partial charge < -0.3 is 0 Å². The van der Waals surface area contributed by atoms with E-state index in [0.29, 0.717) is 28.1 Å². The minimum atomic E-state index is -3.88. The van der Waals surface area contributed by atoms with Crippen molar-refractivity contribution in [2.45, 2.75) is 17.6 Å². The molecule has 4 aromatic rings. The van der Waals surface area contributed by atoms with Crippen LogP contribution in [0.5, 0.6) is 0 Å². The average Bonchev–Trinajstić information content (AvgIpc) is 2.97. The molecule has 1 fully saturated rings. The maximum Gasteiger partial charge on any atom is 0.273 e. The molecule has 1 aliphatic rings. The zero-order valence-corrected chi connectivity index (χ0v) is 23.8. The number of nitro groups is 1. The second kappa shape index (κ2) is 11.5. The molecule has 210 valence electrons. The fourth-order valence-electron chi connectivity index (χ4n) is 4.50. The van der Waals surface area contributed by atoms with Gasteiger partial charge in [0, 0.05) is 11.6 Å². The molecular formula is C31H23N3O6S2. The molecule has 1 heterocycles. The molecule has 0 unspecified atom stereocenters. The lowest BCUT2D eigenvalue weighted by atomic mass is 10.0. The topological polar surface area (TPSA) is 118 Å². The van der Waals surface area contributed by atoms with Crippen molar-refractivity contribution < 1.29 is 22.9 Å². The number of para-hydroxylation sites is 2. The quantitative estimate of drug-likeness (QED) is 0.0891. The number of rotatable bonds is 7. The highest BCUT2D eigenvalue weighted by Crippen LogP contribution is 2.30. The Hall–Kier alpha value is -5.00. The first-order valence-electron chi connectivity index (χ1n) is 12.7. The Kier molecular flexibility index (Phi) is 7.79. The van der Waals surface area contributed by atoms with E-state index in [4.69, 9.17) is 12.2 Å². The molecule has 0 aliphatic carbocycles. The summed E-state index contributed by atoms with van der Waals surface area (Å²) in [4.78, 5) is 40.4. The van der Waals surface area contributed by atoms with Crippen molar-refractivity contribution in [3.63, 3.8) is 0 Å². The largest absolute Gasteiger partial charge is 0.273 e. The Morgan fingerprint density at radius 2 is 1.33 bits per heavy atom. The number of hydrogen-bond acceptors (Lipinski definition) is 7. The van der Waals surface area contributed by atoms with Crippen LogP contribution >= 0.6 is 12.2 Å². The second-order valence-corrected chi connectivity index (χ2v) is 11.9. The number of amides is 2. The Balaban J connectivity index is 1.47. The summed E-state index contributed by atoms with van der Waals surface area (Å²) in [7, 11) is -3.88. The summed E-state index contributed by atoms with van der Waals surface area (Å²) >= 11 is 5.61. The minimum Gasteiger partial charge on any atom is -0.268 e. The Morgan fingerprint density at radius 3 is 1.83 bits per heavy atom. The van der Waals surface area contributed by atoms with Crippen LogP contribution in [0.25, 0.3) is 6.08 Å². The SMILES string of the molecule is Cc1ccc(S(=O)(=O)Cc2ccc(C=C3C(=O)N(c4ccccc4)C(=S)N(c4ccccc4)C3=O)cc2)cc1[N+](=O)[O-]. The molecule has 0 N–H and O–H groups in total. The van der Waals surface area contributed by atoms with Gasteiger partial charge in [-0.2, -0.15) is 0 Å². The first kappa shape index (κ1) is 28.5. The predicted octanol–water partition coefficient (Wildman–Crippen LogP) is 5.63. The molecule has 0 spiro atoms. The third-order valence-corrected chi connectivity index (χ3v) is 8.71. The zero-order valence-electron chi connectivity index (χ0n) is 22.2. The van der Waals surface area contributed by atoms with Crippen molar-refractivity contribution in [3.05, 3.63) is 136 Å². The molecule has 5 rings (SSSR count). The maximum atomic E-state index is 13.6. The molecule has 0 aromatic heterocycles. The molecule has 11 heteroatoms. The molecular weight excluding hydrogens is 574 g/mol. The van der Waals surface area contributed by atoms with Crippen molar-refractivity contribution in [1.29, 1.82) is 0 Å². The average molecular weight is 598 g/mol. The fourth-order valence-corrected chi connectivity index (χ4v) is 6.24. The van der Waals surface area contributed by atoms with Gasteiger partial charge >= 0.3 is 0 Å². The zero-order chi connectivity index (χ0) is 30.0. The van der Waals surface area contributed by atoms with Crippen molar-refractivity contribution >= 4 is 62.1 Å². The number of nitrogens with zero attached hydrogens (tertiary/aromatic N) is 3. The molecule has 1 aliphatic heterocycles. The molecule has 0 radical (unpaired) electrons. The Labute approximate surface area is 247 Å². The molecule has 42 heavy (non-hydrogen) atoms. The van der Waals surface area contributed by atoms with Gasteiger partial charge in [0.15, 0.2) is 14.9 Å². The number of sulfone groups is 1. The molecule has 0 saturated carbocycles. The van der Waals surface area contributed by atoms with Crippen molar-refractivity contribution in [2.75, 3.05) is 9.80 Å². The molecule has 0 atom stereocenters. The van der Waals surface area contributed by atoms with Crippen LogP contribution in [0.15, 0.2) is 114 Å². The van der Waals surface area contributed by atoms with Crippen LogP contribution in [0.2, 0.25) is 0 Å². The first-order valence-corrected chi connectivity index (χ1v) is 14.7. The first-order chi connectivity index (χ1) is 20.1. The van der Waals surface area contributed by atoms with Crippen LogP contribution in [-0.4, -0.2) is 30.3 Å². The van der Waals surface area contributed by atoms with E-state index in [0.717, 1.165) is 6.07 Å². The van der Waals surface area contributed by atoms with Gasteiger partial charge in [-0.1, -0.05) is 66.7 Å². The summed E-state index contributed by atoms with van der Waals surface area (Å²) in [5.74, 6) is -1.56. The lowest BCUT2D eigenvalue weighted by molar-refractivity contribution is -0.385. The number of anilines is 2. The lowest BCUT2D eigenvalue weighted by Gasteiger charge is -2.36. The molecule has 0 bridgehead atoms. The highest BCUT2D eigenvalue weighted by Gasteiger charge is 2.41. The van der Waals surface area contributed by atoms with Gasteiger partial charge in [0.2, 0.25) is 0 Å². The van der Waals surface area contributed by atoms with Crippen molar-refractivity contribution in [2.24, 2.45) is 0 Å². The normalized spacial score (nSPS) is 13.8. The van der Waals surface area contributed by atoms with E-state index >= 15 is 0 Å². The summed E-state index contributed by atoms with van der Waals surface area (Å²) in [5, 5.41) is 11.3. The molecule has 9 nitrogen and oxygen atoms in total. The van der Waals surface area contributed by atoms with Gasteiger partial charge in [0.1, 0.15) is 5.57 Å². The van der Waals surface area contributed by atoms with E-state index in [-0.39, 0.29) is 27.0 Å². The minimum absolute atomic E-state index is 0.0245. The van der Waals surface area contributed by atoms with E-state index in [1.165, 1.54) is 34.9 Å². The van der Waals surface area contributed by atoms with Gasteiger partial charge in [-0.15, -0.1) is 0 Å². The van der Waals surface area contributed by atoms with Gasteiger partial charge in [-0.25, -0.2) is 8.42 Å². The number of carbonyl (C=O) groups excluding carboxylic acids is 2. The van der Waals surface area contributed by atoms with Crippen molar-refractivity contribution in [3.8, 4) is 0 Å². The second-order valence-electron chi connectivity index (χ2n) is 9.50. The number of benzene rings is 4. The van der Waals surface area contributed by atoms with Crippen LogP contribution in [0.1, 0.15) is 16.7 Å². The molecule has 1 saturated heterocycles. The van der Waals surface area contributed by atoms with Gasteiger partial charge in [0.05, 0.1) is 26.9 Å². The number of carbonyl (C=O) groups is 2.